The van der Waals surface area contributed by atoms with Crippen LogP contribution in [0.3, 0.4) is 0 Å². The molecule has 0 heterocycles. The summed E-state index contributed by atoms with van der Waals surface area (Å²) < 4.78 is 0. The zero-order valence-corrected chi connectivity index (χ0v) is 28.7. The molecular formula is C39H63ClO4. The van der Waals surface area contributed by atoms with E-state index >= 15 is 0 Å². The number of alkyl halides is 1. The summed E-state index contributed by atoms with van der Waals surface area (Å²) >= 11 is 5.94. The van der Waals surface area contributed by atoms with E-state index in [4.69, 9.17) is 11.6 Å². The third-order valence-electron chi connectivity index (χ3n) is 7.57. The van der Waals surface area contributed by atoms with Crippen LogP contribution in [-0.2, 0) is 9.59 Å². The van der Waals surface area contributed by atoms with Gasteiger partial charge in [0.05, 0.1) is 5.92 Å². The number of hydrogen-bond acceptors (Lipinski definition) is 4. The second-order valence-corrected chi connectivity index (χ2v) is 11.8. The van der Waals surface area contributed by atoms with Gasteiger partial charge < -0.3 is 10.2 Å². The largest absolute Gasteiger partial charge is 0.359 e. The Morgan fingerprint density at radius 3 is 1.34 bits per heavy atom. The molecule has 0 saturated carbocycles. The molecule has 0 amide bonds. The molecule has 0 spiro atoms. The van der Waals surface area contributed by atoms with E-state index in [0.717, 1.165) is 103 Å². The van der Waals surface area contributed by atoms with Crippen LogP contribution in [0.4, 0.5) is 0 Å². The number of ketones is 2. The highest BCUT2D eigenvalue weighted by Crippen LogP contribution is 2.24. The standard InChI is InChI=1S/C39H63ClO4/c1-3-5-7-9-11-13-15-17-19-21-23-25-27-29-31-33-37(41)36(35-40)39(43,44)38(42)34-32-30-28-26-24-22-20-18-16-14-12-10-8-6-4-2/h5-8,11-14,17-20,36,43-44H,3-4,9-10,15-16,21-35H2,1-2H3/b7-5-,8-6-,13-11-,14-12-,19-17-,20-18-. The maximum atomic E-state index is 12.7. The van der Waals surface area contributed by atoms with Gasteiger partial charge >= 0.3 is 0 Å². The van der Waals surface area contributed by atoms with Gasteiger partial charge in [0.25, 0.3) is 0 Å². The predicted molar refractivity (Wildman–Crippen MR) is 190 cm³/mol. The monoisotopic (exact) mass is 630 g/mol. The van der Waals surface area contributed by atoms with Crippen molar-refractivity contribution in [1.29, 1.82) is 0 Å². The first kappa shape index (κ1) is 42.0. The van der Waals surface area contributed by atoms with Crippen molar-refractivity contribution in [1.82, 2.24) is 0 Å². The lowest BCUT2D eigenvalue weighted by Gasteiger charge is -2.27. The lowest BCUT2D eigenvalue weighted by atomic mass is 9.87. The third-order valence-corrected chi connectivity index (χ3v) is 7.88. The lowest BCUT2D eigenvalue weighted by Crippen LogP contribution is -2.50. The van der Waals surface area contributed by atoms with E-state index in [1.54, 1.807) is 0 Å². The van der Waals surface area contributed by atoms with Crippen molar-refractivity contribution in [3.63, 3.8) is 0 Å². The number of rotatable bonds is 30. The van der Waals surface area contributed by atoms with E-state index in [9.17, 15) is 19.8 Å². The number of carbonyl (C=O) groups excluding carboxylic acids is 2. The molecule has 0 radical (unpaired) electrons. The highest BCUT2D eigenvalue weighted by atomic mass is 35.5. The molecule has 0 saturated heterocycles. The Bertz CT molecular complexity index is 879. The summed E-state index contributed by atoms with van der Waals surface area (Å²) in [4.78, 5) is 25.3. The van der Waals surface area contributed by atoms with Crippen molar-refractivity contribution < 1.29 is 19.8 Å². The van der Waals surface area contributed by atoms with Gasteiger partial charge in [-0.25, -0.2) is 0 Å². The molecule has 250 valence electrons. The van der Waals surface area contributed by atoms with Gasteiger partial charge in [0, 0.05) is 18.7 Å². The van der Waals surface area contributed by atoms with Crippen molar-refractivity contribution >= 4 is 23.2 Å². The topological polar surface area (TPSA) is 74.6 Å². The second kappa shape index (κ2) is 31.0. The van der Waals surface area contributed by atoms with Crippen molar-refractivity contribution in [2.75, 3.05) is 5.88 Å². The molecule has 0 aromatic carbocycles. The quantitative estimate of drug-likeness (QED) is 0.0358. The second-order valence-electron chi connectivity index (χ2n) is 11.5. The first-order valence-corrected chi connectivity index (χ1v) is 17.9. The summed E-state index contributed by atoms with van der Waals surface area (Å²) in [7, 11) is 0. The fraction of sp³-hybridized carbons (Fsp3) is 0.641. The van der Waals surface area contributed by atoms with Gasteiger partial charge in [0.2, 0.25) is 5.79 Å². The first-order valence-electron chi connectivity index (χ1n) is 17.4. The maximum absolute atomic E-state index is 12.7. The number of carbonyl (C=O) groups is 2. The zero-order chi connectivity index (χ0) is 32.6. The molecule has 2 N–H and O–H groups in total. The Morgan fingerprint density at radius 1 is 0.545 bits per heavy atom. The summed E-state index contributed by atoms with van der Waals surface area (Å²) in [6.45, 7) is 4.28. The minimum absolute atomic E-state index is 0.0500. The van der Waals surface area contributed by atoms with E-state index in [0.29, 0.717) is 12.8 Å². The highest BCUT2D eigenvalue weighted by molar-refractivity contribution is 6.20. The van der Waals surface area contributed by atoms with Crippen LogP contribution in [0.25, 0.3) is 0 Å². The molecule has 0 aliphatic heterocycles. The normalized spacial score (nSPS) is 13.7. The van der Waals surface area contributed by atoms with E-state index in [2.05, 4.69) is 86.8 Å². The van der Waals surface area contributed by atoms with Gasteiger partial charge in [0.15, 0.2) is 5.78 Å². The number of unbranched alkanes of at least 4 members (excludes halogenated alkanes) is 10. The van der Waals surface area contributed by atoms with Gasteiger partial charge in [-0.1, -0.05) is 125 Å². The van der Waals surface area contributed by atoms with Crippen LogP contribution in [0, 0.1) is 5.92 Å². The Labute approximate surface area is 275 Å². The van der Waals surface area contributed by atoms with E-state index in [1.165, 1.54) is 0 Å². The average molecular weight is 631 g/mol. The van der Waals surface area contributed by atoms with Crippen molar-refractivity contribution in [2.24, 2.45) is 5.92 Å². The van der Waals surface area contributed by atoms with Gasteiger partial charge in [-0.15, -0.1) is 11.6 Å². The fourth-order valence-electron chi connectivity index (χ4n) is 4.79. The van der Waals surface area contributed by atoms with Gasteiger partial charge in [-0.05, 0) is 77.0 Å². The Morgan fingerprint density at radius 2 is 0.909 bits per heavy atom. The predicted octanol–water partition coefficient (Wildman–Crippen LogP) is 10.8. The molecule has 0 aromatic heterocycles. The Balaban J connectivity index is 4.00. The molecular weight excluding hydrogens is 568 g/mol. The first-order chi connectivity index (χ1) is 21.4. The Hall–Kier alpha value is -2.01. The van der Waals surface area contributed by atoms with Crippen LogP contribution in [0.2, 0.25) is 0 Å². The summed E-state index contributed by atoms with van der Waals surface area (Å²) in [5, 5.41) is 21.1. The van der Waals surface area contributed by atoms with Gasteiger partial charge in [-0.3, -0.25) is 9.59 Å². The molecule has 0 rings (SSSR count). The third kappa shape index (κ3) is 24.3. The molecule has 1 unspecified atom stereocenters. The van der Waals surface area contributed by atoms with E-state index in [-0.39, 0.29) is 24.5 Å². The Kier molecular flexibility index (Phi) is 29.6. The number of hydrogen-bond donors (Lipinski definition) is 2. The summed E-state index contributed by atoms with van der Waals surface area (Å²) in [6.07, 6.45) is 44.3. The molecule has 4 nitrogen and oxygen atoms in total. The minimum atomic E-state index is -2.68. The average Bonchev–Trinajstić information content (AvgIpc) is 3.01. The summed E-state index contributed by atoms with van der Waals surface area (Å²) in [5.74, 6) is -5.26. The molecule has 1 atom stereocenters. The van der Waals surface area contributed by atoms with Crippen LogP contribution in [0.1, 0.15) is 142 Å². The molecule has 0 aliphatic rings. The number of Topliss-reactive ketones (excluding diaryl/α,β-unsaturated/α-hetero) is 2. The molecule has 0 bridgehead atoms. The molecule has 5 heteroatoms. The van der Waals surface area contributed by atoms with Gasteiger partial charge in [0.1, 0.15) is 5.78 Å². The molecule has 0 aromatic rings. The maximum Gasteiger partial charge on any atom is 0.235 e. The van der Waals surface area contributed by atoms with Crippen molar-refractivity contribution in [3.05, 3.63) is 72.9 Å². The number of halogens is 1. The lowest BCUT2D eigenvalue weighted by molar-refractivity contribution is -0.201. The van der Waals surface area contributed by atoms with Gasteiger partial charge in [-0.2, -0.15) is 0 Å². The molecule has 0 fully saturated rings. The van der Waals surface area contributed by atoms with Crippen molar-refractivity contribution in [2.45, 2.75) is 148 Å². The van der Waals surface area contributed by atoms with Crippen LogP contribution in [0.15, 0.2) is 72.9 Å². The highest BCUT2D eigenvalue weighted by Gasteiger charge is 2.44. The molecule has 0 aliphatic carbocycles. The summed E-state index contributed by atoms with van der Waals surface area (Å²) in [6, 6.07) is 0. The van der Waals surface area contributed by atoms with Crippen LogP contribution >= 0.6 is 11.6 Å². The zero-order valence-electron chi connectivity index (χ0n) is 27.9. The smallest absolute Gasteiger partial charge is 0.235 e. The molecule has 44 heavy (non-hydrogen) atoms. The summed E-state index contributed by atoms with van der Waals surface area (Å²) in [5.41, 5.74) is 0. The fourth-order valence-corrected chi connectivity index (χ4v) is 5.18. The number of aliphatic hydroxyl groups is 2. The van der Waals surface area contributed by atoms with Crippen LogP contribution < -0.4 is 0 Å². The minimum Gasteiger partial charge on any atom is -0.359 e. The van der Waals surface area contributed by atoms with Crippen molar-refractivity contribution in [3.8, 4) is 0 Å². The SMILES string of the molecule is CC/C=C\C/C=C\C/C=C\CCCCCCCC(=O)C(CCl)C(O)(O)C(=O)CCCCCCC/C=C\C/C=C\C/C=C\CC. The van der Waals surface area contributed by atoms with Crippen LogP contribution in [0.5, 0.6) is 0 Å². The van der Waals surface area contributed by atoms with E-state index < -0.39 is 17.5 Å². The number of allylic oxidation sites excluding steroid dienone is 12. The van der Waals surface area contributed by atoms with E-state index in [1.807, 2.05) is 0 Å². The van der Waals surface area contributed by atoms with Crippen LogP contribution in [-0.4, -0.2) is 33.4 Å².